The number of methoxy groups -OCH3 is 1. The van der Waals surface area contributed by atoms with Crippen molar-refractivity contribution in [3.8, 4) is 0 Å². The van der Waals surface area contributed by atoms with Crippen molar-refractivity contribution in [3.05, 3.63) is 63.8 Å². The zero-order valence-corrected chi connectivity index (χ0v) is 17.6. The van der Waals surface area contributed by atoms with Gasteiger partial charge in [-0.25, -0.2) is 4.79 Å². The highest BCUT2D eigenvalue weighted by molar-refractivity contribution is 8.03. The molecule has 1 N–H and O–H groups in total. The first-order chi connectivity index (χ1) is 13.6. The Hall–Kier alpha value is -2.05. The Morgan fingerprint density at radius 3 is 2.64 bits per heavy atom. The van der Waals surface area contributed by atoms with E-state index in [2.05, 4.69) is 47.7 Å². The third-order valence-corrected chi connectivity index (χ3v) is 6.89. The summed E-state index contributed by atoms with van der Waals surface area (Å²) in [7, 11) is 3.53. The fourth-order valence-corrected chi connectivity index (χ4v) is 5.21. The molecule has 0 aliphatic carbocycles. The fraction of sp³-hybridized carbons (Fsp3) is 0.381. The smallest absolute Gasteiger partial charge is 0.409 e. The molecule has 0 saturated carbocycles. The van der Waals surface area contributed by atoms with Crippen molar-refractivity contribution in [1.82, 2.24) is 15.1 Å². The Labute approximate surface area is 175 Å². The quantitative estimate of drug-likeness (QED) is 0.787. The van der Waals surface area contributed by atoms with Gasteiger partial charge in [0, 0.05) is 58.3 Å². The number of likely N-dealkylation sites (tertiary alicyclic amines) is 1. The van der Waals surface area contributed by atoms with Gasteiger partial charge in [-0.3, -0.25) is 0 Å². The molecule has 3 heterocycles. The average molecular weight is 418 g/mol. The summed E-state index contributed by atoms with van der Waals surface area (Å²) in [5.74, 6) is 0.399. The number of carbonyl (C=O) groups is 1. The molecule has 1 unspecified atom stereocenters. The molecule has 0 spiro atoms. The van der Waals surface area contributed by atoms with Gasteiger partial charge in [0.05, 0.1) is 7.11 Å². The maximum absolute atomic E-state index is 11.8. The van der Waals surface area contributed by atoms with Crippen molar-refractivity contribution in [3.63, 3.8) is 0 Å². The first-order valence-corrected chi connectivity index (χ1v) is 10.6. The average Bonchev–Trinajstić information content (AvgIpc) is 3.09. The Bertz CT molecular complexity index is 842. The Morgan fingerprint density at radius 1 is 1.25 bits per heavy atom. The molecule has 28 heavy (non-hydrogen) atoms. The highest BCUT2D eigenvalue weighted by Gasteiger charge is 2.37. The van der Waals surface area contributed by atoms with Gasteiger partial charge in [-0.15, -0.1) is 0 Å². The molecule has 3 aliphatic heterocycles. The molecule has 1 amide bonds. The lowest BCUT2D eigenvalue weighted by Crippen LogP contribution is -2.42. The van der Waals surface area contributed by atoms with Crippen molar-refractivity contribution in [2.24, 2.45) is 5.92 Å². The summed E-state index contributed by atoms with van der Waals surface area (Å²) >= 11 is 7.84. The van der Waals surface area contributed by atoms with Crippen LogP contribution in [0.3, 0.4) is 0 Å². The maximum atomic E-state index is 11.8. The Morgan fingerprint density at radius 2 is 1.96 bits per heavy atom. The van der Waals surface area contributed by atoms with E-state index in [0.29, 0.717) is 5.92 Å². The summed E-state index contributed by atoms with van der Waals surface area (Å²) in [6.07, 6.45) is 8.18. The normalized spacial score (nSPS) is 22.1. The van der Waals surface area contributed by atoms with E-state index in [-0.39, 0.29) is 12.3 Å². The third-order valence-electron chi connectivity index (χ3n) is 5.47. The number of halogens is 1. The SMILES string of the molecule is COC(=O)N1CCC(C2=C(Sc3ccc(Cl)cc3)C3=CC=CN(C)C3N2)CC1. The summed E-state index contributed by atoms with van der Waals surface area (Å²) < 4.78 is 4.87. The van der Waals surface area contributed by atoms with Crippen LogP contribution in [0.4, 0.5) is 4.79 Å². The lowest BCUT2D eigenvalue weighted by Gasteiger charge is -2.33. The molecule has 4 rings (SSSR count). The second-order valence-corrected chi connectivity index (χ2v) is 8.73. The first kappa shape index (κ1) is 19.3. The van der Waals surface area contributed by atoms with E-state index >= 15 is 0 Å². The fourth-order valence-electron chi connectivity index (χ4n) is 3.94. The van der Waals surface area contributed by atoms with E-state index in [4.69, 9.17) is 16.3 Å². The number of nitrogens with zero attached hydrogens (tertiary/aromatic N) is 2. The summed E-state index contributed by atoms with van der Waals surface area (Å²) in [5.41, 5.74) is 2.59. The molecule has 1 atom stereocenters. The molecule has 1 aromatic rings. The second kappa shape index (κ2) is 8.13. The van der Waals surface area contributed by atoms with Crippen LogP contribution in [-0.4, -0.2) is 49.3 Å². The molecule has 0 bridgehead atoms. The van der Waals surface area contributed by atoms with E-state index in [1.807, 2.05) is 12.1 Å². The van der Waals surface area contributed by atoms with Crippen LogP contribution >= 0.6 is 23.4 Å². The molecule has 7 heteroatoms. The van der Waals surface area contributed by atoms with E-state index in [0.717, 1.165) is 31.0 Å². The van der Waals surface area contributed by atoms with Crippen molar-refractivity contribution in [2.45, 2.75) is 23.9 Å². The number of thioether (sulfide) groups is 1. The van der Waals surface area contributed by atoms with Crippen LogP contribution in [0.1, 0.15) is 12.8 Å². The van der Waals surface area contributed by atoms with Gasteiger partial charge in [-0.2, -0.15) is 0 Å². The molecule has 0 radical (unpaired) electrons. The summed E-state index contributed by atoms with van der Waals surface area (Å²) in [4.78, 5) is 18.3. The van der Waals surface area contributed by atoms with Gasteiger partial charge in [-0.05, 0) is 43.2 Å². The number of ether oxygens (including phenoxy) is 1. The van der Waals surface area contributed by atoms with Crippen LogP contribution in [0.2, 0.25) is 5.02 Å². The van der Waals surface area contributed by atoms with Crippen LogP contribution in [-0.2, 0) is 4.74 Å². The number of nitrogens with one attached hydrogen (secondary N) is 1. The highest BCUT2D eigenvalue weighted by atomic mass is 35.5. The number of carbonyl (C=O) groups excluding carboxylic acids is 1. The van der Waals surface area contributed by atoms with Gasteiger partial charge in [0.1, 0.15) is 6.17 Å². The van der Waals surface area contributed by atoms with Crippen molar-refractivity contribution >= 4 is 29.5 Å². The lowest BCUT2D eigenvalue weighted by molar-refractivity contribution is 0.108. The number of piperidine rings is 1. The van der Waals surface area contributed by atoms with Gasteiger partial charge in [0.15, 0.2) is 0 Å². The highest BCUT2D eigenvalue weighted by Crippen LogP contribution is 2.44. The molecule has 3 aliphatic rings. The zero-order chi connectivity index (χ0) is 19.7. The third kappa shape index (κ3) is 3.76. The Balaban J connectivity index is 1.60. The van der Waals surface area contributed by atoms with Gasteiger partial charge < -0.3 is 19.9 Å². The number of fused-ring (bicyclic) bond motifs is 1. The first-order valence-electron chi connectivity index (χ1n) is 9.44. The number of allylic oxidation sites excluding steroid dienone is 3. The molecule has 5 nitrogen and oxygen atoms in total. The summed E-state index contributed by atoms with van der Waals surface area (Å²) in [5, 5.41) is 4.50. The van der Waals surface area contributed by atoms with Crippen molar-refractivity contribution in [2.75, 3.05) is 27.2 Å². The standard InChI is InChI=1S/C21H24ClN3O2S/c1-24-11-3-4-17-19(28-16-7-5-15(22)6-8-16)18(23-20(17)24)14-9-12-25(13-10-14)21(26)27-2/h3-8,11,14,20,23H,9-10,12-13H2,1-2H3. The number of rotatable bonds is 3. The van der Waals surface area contributed by atoms with Crippen molar-refractivity contribution in [1.29, 1.82) is 0 Å². The van der Waals surface area contributed by atoms with Crippen LogP contribution in [0, 0.1) is 5.92 Å². The van der Waals surface area contributed by atoms with Gasteiger partial charge in [-0.1, -0.05) is 29.4 Å². The molecule has 1 fully saturated rings. The van der Waals surface area contributed by atoms with Gasteiger partial charge in [0.2, 0.25) is 0 Å². The predicted octanol–water partition coefficient (Wildman–Crippen LogP) is 4.44. The van der Waals surface area contributed by atoms with Crippen molar-refractivity contribution < 1.29 is 9.53 Å². The number of hydrogen-bond acceptors (Lipinski definition) is 5. The maximum Gasteiger partial charge on any atom is 0.409 e. The van der Waals surface area contributed by atoms with Gasteiger partial charge in [0.25, 0.3) is 0 Å². The topological polar surface area (TPSA) is 44.8 Å². The number of benzene rings is 1. The Kier molecular flexibility index (Phi) is 5.60. The summed E-state index contributed by atoms with van der Waals surface area (Å²) in [6.45, 7) is 1.44. The number of amides is 1. The van der Waals surface area contributed by atoms with Gasteiger partial charge >= 0.3 is 6.09 Å². The largest absolute Gasteiger partial charge is 0.453 e. The molecular formula is C21H24ClN3O2S. The number of hydrogen-bond donors (Lipinski definition) is 1. The predicted molar refractivity (Wildman–Crippen MR) is 113 cm³/mol. The molecule has 148 valence electrons. The lowest BCUT2D eigenvalue weighted by atomic mass is 9.93. The molecule has 0 aromatic heterocycles. The van der Waals surface area contributed by atoms with Crippen LogP contribution < -0.4 is 5.32 Å². The van der Waals surface area contributed by atoms with Crippen LogP contribution in [0.25, 0.3) is 0 Å². The van der Waals surface area contributed by atoms with E-state index < -0.39 is 0 Å². The minimum atomic E-state index is -0.233. The molecular weight excluding hydrogens is 394 g/mol. The molecule has 1 saturated heterocycles. The van der Waals surface area contributed by atoms with Crippen LogP contribution in [0.5, 0.6) is 0 Å². The zero-order valence-electron chi connectivity index (χ0n) is 16.0. The molecule has 1 aromatic carbocycles. The van der Waals surface area contributed by atoms with E-state index in [9.17, 15) is 4.79 Å². The van der Waals surface area contributed by atoms with E-state index in [1.54, 1.807) is 16.7 Å². The van der Waals surface area contributed by atoms with E-state index in [1.165, 1.54) is 28.2 Å². The minimum absolute atomic E-state index is 0.161. The minimum Gasteiger partial charge on any atom is -0.453 e. The van der Waals surface area contributed by atoms with Crippen LogP contribution in [0.15, 0.2) is 63.7 Å². The monoisotopic (exact) mass is 417 g/mol. The number of likely N-dealkylation sites (N-methyl/N-ethyl adjacent to an activating group) is 1. The summed E-state index contributed by atoms with van der Waals surface area (Å²) in [6, 6.07) is 7.99. The second-order valence-electron chi connectivity index (χ2n) is 7.21.